The van der Waals surface area contributed by atoms with Crippen molar-refractivity contribution < 1.29 is 18.7 Å². The highest BCUT2D eigenvalue weighted by Gasteiger charge is 2.20. The number of aliphatic hydroxyl groups is 1. The lowest BCUT2D eigenvalue weighted by atomic mass is 10.0. The maximum absolute atomic E-state index is 13.3. The number of hydrogen-bond donors (Lipinski definition) is 1. The van der Waals surface area contributed by atoms with Crippen molar-refractivity contribution >= 4 is 37.8 Å². The SMILES string of the molecule is Cc1ccc(C(=O)N(C)Cc2cc(Br)c(Br)o2)c(-n2cc(CCC(O)Cc3ccc(F)cc3)nn2)c1. The van der Waals surface area contributed by atoms with Crippen LogP contribution in [0.25, 0.3) is 5.69 Å². The van der Waals surface area contributed by atoms with Gasteiger partial charge in [-0.3, -0.25) is 4.79 Å². The van der Waals surface area contributed by atoms with Crippen molar-refractivity contribution in [1.29, 1.82) is 0 Å². The molecule has 1 unspecified atom stereocenters. The van der Waals surface area contributed by atoms with E-state index in [0.717, 1.165) is 15.6 Å². The summed E-state index contributed by atoms with van der Waals surface area (Å²) in [6.07, 6.45) is 2.61. The van der Waals surface area contributed by atoms with Crippen LogP contribution in [0.2, 0.25) is 0 Å². The van der Waals surface area contributed by atoms with Gasteiger partial charge in [0.15, 0.2) is 4.67 Å². The molecule has 0 fully saturated rings. The molecule has 10 heteroatoms. The van der Waals surface area contributed by atoms with Gasteiger partial charge in [0.05, 0.1) is 40.3 Å². The number of carbonyl (C=O) groups excluding carboxylic acids is 1. The molecule has 4 aromatic rings. The lowest BCUT2D eigenvalue weighted by Gasteiger charge is -2.18. The summed E-state index contributed by atoms with van der Waals surface area (Å²) in [4.78, 5) is 14.9. The second kappa shape index (κ2) is 11.5. The number of aryl methyl sites for hydroxylation is 2. The third-order valence-corrected chi connectivity index (χ3v) is 7.44. The van der Waals surface area contributed by atoms with E-state index >= 15 is 0 Å². The van der Waals surface area contributed by atoms with E-state index < -0.39 is 6.10 Å². The number of aromatic nitrogens is 3. The van der Waals surface area contributed by atoms with Crippen molar-refractivity contribution in [2.45, 2.75) is 38.8 Å². The van der Waals surface area contributed by atoms with Gasteiger partial charge < -0.3 is 14.4 Å². The van der Waals surface area contributed by atoms with Gasteiger partial charge in [-0.1, -0.05) is 23.4 Å². The molecular formula is C26H25Br2FN4O3. The number of hydrogen-bond acceptors (Lipinski definition) is 5. The Morgan fingerprint density at radius 3 is 2.64 bits per heavy atom. The van der Waals surface area contributed by atoms with Crippen molar-refractivity contribution in [2.24, 2.45) is 0 Å². The van der Waals surface area contributed by atoms with Crippen LogP contribution in [0.3, 0.4) is 0 Å². The number of nitrogens with zero attached hydrogens (tertiary/aromatic N) is 4. The van der Waals surface area contributed by atoms with Crippen LogP contribution >= 0.6 is 31.9 Å². The minimum atomic E-state index is -0.591. The Balaban J connectivity index is 1.45. The van der Waals surface area contributed by atoms with Gasteiger partial charge in [0.2, 0.25) is 0 Å². The molecule has 0 radical (unpaired) electrons. The fourth-order valence-corrected chi connectivity index (χ4v) is 4.49. The summed E-state index contributed by atoms with van der Waals surface area (Å²) < 4.78 is 21.6. The first-order chi connectivity index (χ1) is 17.2. The van der Waals surface area contributed by atoms with Gasteiger partial charge in [0, 0.05) is 7.05 Å². The minimum absolute atomic E-state index is 0.180. The van der Waals surface area contributed by atoms with Crippen LogP contribution in [-0.4, -0.2) is 44.1 Å². The number of amides is 1. The molecule has 0 aliphatic rings. The Bertz CT molecular complexity index is 1330. The molecular weight excluding hydrogens is 595 g/mol. The van der Waals surface area contributed by atoms with Gasteiger partial charge in [0.25, 0.3) is 5.91 Å². The smallest absolute Gasteiger partial charge is 0.256 e. The first-order valence-electron chi connectivity index (χ1n) is 11.3. The van der Waals surface area contributed by atoms with E-state index in [9.17, 15) is 14.3 Å². The highest BCUT2D eigenvalue weighted by molar-refractivity contribution is 9.13. The Kier molecular flexibility index (Phi) is 8.38. The number of carbonyl (C=O) groups is 1. The summed E-state index contributed by atoms with van der Waals surface area (Å²) >= 11 is 6.70. The van der Waals surface area contributed by atoms with Gasteiger partial charge >= 0.3 is 0 Å². The number of halogens is 3. The highest BCUT2D eigenvalue weighted by atomic mass is 79.9. The average Bonchev–Trinajstić information content (AvgIpc) is 3.44. The summed E-state index contributed by atoms with van der Waals surface area (Å²) in [7, 11) is 1.71. The molecule has 1 atom stereocenters. The van der Waals surface area contributed by atoms with Crippen LogP contribution in [0.15, 0.2) is 68.3 Å². The third-order valence-electron chi connectivity index (χ3n) is 5.73. The maximum atomic E-state index is 13.3. The van der Waals surface area contributed by atoms with Crippen molar-refractivity contribution in [2.75, 3.05) is 7.05 Å². The first kappa shape index (κ1) is 26.2. The zero-order valence-corrected chi connectivity index (χ0v) is 23.0. The van der Waals surface area contributed by atoms with Crippen LogP contribution < -0.4 is 0 Å². The monoisotopic (exact) mass is 618 g/mol. The van der Waals surface area contributed by atoms with Crippen LogP contribution in [0, 0.1) is 12.7 Å². The predicted octanol–water partition coefficient (Wildman–Crippen LogP) is 5.64. The fraction of sp³-hybridized carbons (Fsp3) is 0.269. The molecule has 0 saturated carbocycles. The Morgan fingerprint density at radius 2 is 1.94 bits per heavy atom. The normalized spacial score (nSPS) is 12.1. The number of benzene rings is 2. The van der Waals surface area contributed by atoms with Crippen molar-refractivity contribution in [3.63, 3.8) is 0 Å². The molecule has 36 heavy (non-hydrogen) atoms. The molecule has 7 nitrogen and oxygen atoms in total. The van der Waals surface area contributed by atoms with E-state index in [1.807, 2.05) is 25.1 Å². The summed E-state index contributed by atoms with van der Waals surface area (Å²) in [5.74, 6) is 0.160. The van der Waals surface area contributed by atoms with E-state index in [2.05, 4.69) is 42.2 Å². The first-order valence-corrected chi connectivity index (χ1v) is 12.9. The fourth-order valence-electron chi connectivity index (χ4n) is 3.83. The molecule has 0 bridgehead atoms. The number of aliphatic hydroxyl groups excluding tert-OH is 1. The van der Waals surface area contributed by atoms with E-state index in [1.165, 1.54) is 12.1 Å². The lowest BCUT2D eigenvalue weighted by Crippen LogP contribution is -2.27. The Hall–Kier alpha value is -2.82. The van der Waals surface area contributed by atoms with Gasteiger partial charge in [-0.2, -0.15) is 0 Å². The van der Waals surface area contributed by atoms with Crippen LogP contribution in [0.1, 0.15) is 39.4 Å². The maximum Gasteiger partial charge on any atom is 0.256 e. The number of rotatable bonds is 9. The molecule has 2 aromatic heterocycles. The van der Waals surface area contributed by atoms with E-state index in [4.69, 9.17) is 4.42 Å². The summed E-state index contributed by atoms with van der Waals surface area (Å²) in [5, 5.41) is 18.9. The zero-order valence-electron chi connectivity index (χ0n) is 19.8. The van der Waals surface area contributed by atoms with Gasteiger partial charge in [-0.15, -0.1) is 5.10 Å². The van der Waals surface area contributed by atoms with Crippen molar-refractivity contribution in [3.05, 3.63) is 97.8 Å². The molecule has 0 aliphatic heterocycles. The highest BCUT2D eigenvalue weighted by Crippen LogP contribution is 2.28. The second-order valence-corrected chi connectivity index (χ2v) is 10.3. The molecule has 1 amide bonds. The van der Waals surface area contributed by atoms with E-state index in [1.54, 1.807) is 41.0 Å². The molecule has 0 spiro atoms. The Labute approximate surface area is 225 Å². The summed E-state index contributed by atoms with van der Waals surface area (Å²) in [6.45, 7) is 2.24. The number of furan rings is 1. The van der Waals surface area contributed by atoms with Crippen molar-refractivity contribution in [1.82, 2.24) is 19.9 Å². The molecule has 2 aromatic carbocycles. The van der Waals surface area contributed by atoms with E-state index in [0.29, 0.717) is 53.2 Å². The summed E-state index contributed by atoms with van der Waals surface area (Å²) in [6, 6.07) is 13.5. The average molecular weight is 620 g/mol. The molecule has 2 heterocycles. The quantitative estimate of drug-likeness (QED) is 0.262. The van der Waals surface area contributed by atoms with Gasteiger partial charge in [-0.25, -0.2) is 9.07 Å². The molecule has 188 valence electrons. The van der Waals surface area contributed by atoms with Crippen LogP contribution in [-0.2, 0) is 19.4 Å². The predicted molar refractivity (Wildman–Crippen MR) is 140 cm³/mol. The van der Waals surface area contributed by atoms with E-state index in [-0.39, 0.29) is 11.7 Å². The largest absolute Gasteiger partial charge is 0.451 e. The molecule has 1 N–H and O–H groups in total. The molecule has 4 rings (SSSR count). The molecule has 0 aliphatic carbocycles. The second-order valence-electron chi connectivity index (χ2n) is 8.69. The van der Waals surface area contributed by atoms with Crippen LogP contribution in [0.4, 0.5) is 4.39 Å². The van der Waals surface area contributed by atoms with Crippen LogP contribution in [0.5, 0.6) is 0 Å². The Morgan fingerprint density at radius 1 is 1.19 bits per heavy atom. The third kappa shape index (κ3) is 6.48. The summed E-state index contributed by atoms with van der Waals surface area (Å²) in [5.41, 5.74) is 3.66. The zero-order chi connectivity index (χ0) is 25.8. The van der Waals surface area contributed by atoms with Gasteiger partial charge in [0.1, 0.15) is 11.6 Å². The minimum Gasteiger partial charge on any atom is -0.451 e. The topological polar surface area (TPSA) is 84.4 Å². The van der Waals surface area contributed by atoms with Crippen molar-refractivity contribution in [3.8, 4) is 5.69 Å². The standard InChI is InChI=1S/C26H25Br2FN4O3/c1-16-3-10-22(26(35)32(2)15-21-13-23(27)25(28)36-21)24(11-16)33-14-19(30-31-33)8-9-20(34)12-17-4-6-18(29)7-5-17/h3-7,10-11,13-14,20,34H,8-9,12,15H2,1-2H3. The molecule has 0 saturated heterocycles. The lowest BCUT2D eigenvalue weighted by molar-refractivity contribution is 0.0775. The van der Waals surface area contributed by atoms with Gasteiger partial charge in [-0.05, 0) is 99.5 Å².